The largest absolute Gasteiger partial charge is 0.336 e. The molecule has 0 aliphatic carbocycles. The zero-order valence-corrected chi connectivity index (χ0v) is 9.96. The second-order valence-corrected chi connectivity index (χ2v) is 5.08. The van der Waals surface area contributed by atoms with Crippen LogP contribution in [0.3, 0.4) is 0 Å². The monoisotopic (exact) mass is 212 g/mol. The van der Waals surface area contributed by atoms with Gasteiger partial charge in [0, 0.05) is 18.0 Å². The number of likely N-dealkylation sites (tertiary alicyclic amines) is 1. The van der Waals surface area contributed by atoms with E-state index in [2.05, 4.69) is 5.32 Å². The molecular formula is C11H20N2O2. The maximum atomic E-state index is 11.7. The van der Waals surface area contributed by atoms with Crippen LogP contribution in [0.4, 0.5) is 4.79 Å². The molecule has 1 N–H and O–H groups in total. The number of urea groups is 1. The van der Waals surface area contributed by atoms with Crippen LogP contribution in [0.25, 0.3) is 0 Å². The van der Waals surface area contributed by atoms with Crippen molar-refractivity contribution in [3.05, 3.63) is 0 Å². The molecule has 4 heteroatoms. The Morgan fingerprint density at radius 2 is 2.07 bits per heavy atom. The Kier molecular flexibility index (Phi) is 3.37. The number of Topliss-reactive ketones (excluding diaryl/α,β-unsaturated/α-hetero) is 1. The van der Waals surface area contributed by atoms with Crippen LogP contribution in [0.15, 0.2) is 0 Å². The smallest absolute Gasteiger partial charge is 0.317 e. The van der Waals surface area contributed by atoms with Gasteiger partial charge in [0.25, 0.3) is 0 Å². The highest BCUT2D eigenvalue weighted by atomic mass is 16.2. The third kappa shape index (κ3) is 2.94. The lowest BCUT2D eigenvalue weighted by Gasteiger charge is -2.35. The first-order chi connectivity index (χ1) is 6.83. The molecule has 0 aromatic carbocycles. The molecule has 0 spiro atoms. The minimum absolute atomic E-state index is 0.113. The van der Waals surface area contributed by atoms with Crippen LogP contribution in [0, 0.1) is 5.41 Å². The summed E-state index contributed by atoms with van der Waals surface area (Å²) in [5.74, 6) is 0.146. The molecule has 0 saturated carbocycles. The van der Waals surface area contributed by atoms with E-state index in [0.717, 1.165) is 6.42 Å². The number of nitrogens with zero attached hydrogens (tertiary/aromatic N) is 1. The topological polar surface area (TPSA) is 49.4 Å². The van der Waals surface area contributed by atoms with Crippen LogP contribution >= 0.6 is 0 Å². The molecule has 1 saturated heterocycles. The SMILES string of the molecule is CC(C)NC(=O)N1CCC(C)(C)C(=O)C1. The third-order valence-electron chi connectivity index (χ3n) is 2.80. The van der Waals surface area contributed by atoms with E-state index in [-0.39, 0.29) is 29.8 Å². The van der Waals surface area contributed by atoms with E-state index >= 15 is 0 Å². The average molecular weight is 212 g/mol. The molecule has 1 heterocycles. The number of nitrogens with one attached hydrogen (secondary N) is 1. The van der Waals surface area contributed by atoms with Gasteiger partial charge in [-0.15, -0.1) is 0 Å². The highest BCUT2D eigenvalue weighted by molar-refractivity contribution is 5.90. The van der Waals surface area contributed by atoms with Crippen LogP contribution in [0.5, 0.6) is 0 Å². The van der Waals surface area contributed by atoms with Crippen molar-refractivity contribution in [2.75, 3.05) is 13.1 Å². The molecule has 15 heavy (non-hydrogen) atoms. The first kappa shape index (κ1) is 12.0. The Morgan fingerprint density at radius 3 is 2.53 bits per heavy atom. The number of piperidine rings is 1. The van der Waals surface area contributed by atoms with Gasteiger partial charge < -0.3 is 10.2 Å². The van der Waals surface area contributed by atoms with Crippen molar-refractivity contribution < 1.29 is 9.59 Å². The number of carbonyl (C=O) groups is 2. The van der Waals surface area contributed by atoms with E-state index in [1.807, 2.05) is 27.7 Å². The summed E-state index contributed by atoms with van der Waals surface area (Å²) in [5.41, 5.74) is -0.269. The Bertz CT molecular complexity index is 272. The van der Waals surface area contributed by atoms with Crippen molar-refractivity contribution in [1.82, 2.24) is 10.2 Å². The Labute approximate surface area is 91.0 Å². The number of hydrogen-bond donors (Lipinski definition) is 1. The Morgan fingerprint density at radius 1 is 1.47 bits per heavy atom. The number of carbonyl (C=O) groups excluding carboxylic acids is 2. The van der Waals surface area contributed by atoms with Crippen molar-refractivity contribution in [1.29, 1.82) is 0 Å². The van der Waals surface area contributed by atoms with E-state index in [4.69, 9.17) is 0 Å². The van der Waals surface area contributed by atoms with Gasteiger partial charge in [-0.1, -0.05) is 13.8 Å². The summed E-state index contributed by atoms with van der Waals surface area (Å²) in [7, 11) is 0. The lowest BCUT2D eigenvalue weighted by molar-refractivity contribution is -0.130. The Balaban J connectivity index is 2.55. The van der Waals surface area contributed by atoms with Gasteiger partial charge in [0.05, 0.1) is 6.54 Å². The summed E-state index contributed by atoms with van der Waals surface area (Å²) in [6, 6.07) is -0.0172. The van der Waals surface area contributed by atoms with Crippen LogP contribution in [0.2, 0.25) is 0 Å². The molecule has 0 unspecified atom stereocenters. The van der Waals surface area contributed by atoms with Crippen molar-refractivity contribution in [3.8, 4) is 0 Å². The zero-order chi connectivity index (χ0) is 11.6. The predicted molar refractivity (Wildman–Crippen MR) is 58.6 cm³/mol. The lowest BCUT2D eigenvalue weighted by Crippen LogP contribution is -2.52. The number of amides is 2. The molecule has 1 aliphatic heterocycles. The second kappa shape index (κ2) is 4.21. The van der Waals surface area contributed by atoms with Crippen LogP contribution in [-0.2, 0) is 4.79 Å². The molecular weight excluding hydrogens is 192 g/mol. The number of rotatable bonds is 1. The first-order valence-electron chi connectivity index (χ1n) is 5.41. The highest BCUT2D eigenvalue weighted by Crippen LogP contribution is 2.26. The van der Waals surface area contributed by atoms with Gasteiger partial charge in [-0.05, 0) is 20.3 Å². The summed E-state index contributed by atoms with van der Waals surface area (Å²) < 4.78 is 0. The van der Waals surface area contributed by atoms with Crippen molar-refractivity contribution in [2.24, 2.45) is 5.41 Å². The zero-order valence-electron chi connectivity index (χ0n) is 9.96. The second-order valence-electron chi connectivity index (χ2n) is 5.08. The maximum absolute atomic E-state index is 11.7. The molecule has 0 aromatic heterocycles. The molecule has 86 valence electrons. The normalized spacial score (nSPS) is 20.6. The first-order valence-corrected chi connectivity index (χ1v) is 5.41. The van der Waals surface area contributed by atoms with E-state index in [1.165, 1.54) is 0 Å². The molecule has 1 fully saturated rings. The van der Waals surface area contributed by atoms with E-state index in [1.54, 1.807) is 4.90 Å². The third-order valence-corrected chi connectivity index (χ3v) is 2.80. The van der Waals surface area contributed by atoms with Crippen LogP contribution in [-0.4, -0.2) is 35.8 Å². The van der Waals surface area contributed by atoms with Gasteiger partial charge in [0.1, 0.15) is 0 Å². The van der Waals surface area contributed by atoms with Gasteiger partial charge in [-0.25, -0.2) is 4.79 Å². The Hall–Kier alpha value is -1.06. The highest BCUT2D eigenvalue weighted by Gasteiger charge is 2.35. The quantitative estimate of drug-likeness (QED) is 0.714. The van der Waals surface area contributed by atoms with Gasteiger partial charge in [-0.2, -0.15) is 0 Å². The lowest BCUT2D eigenvalue weighted by atomic mass is 9.81. The summed E-state index contributed by atoms with van der Waals surface area (Å²) in [6.45, 7) is 8.60. The fraction of sp³-hybridized carbons (Fsp3) is 0.818. The molecule has 1 rings (SSSR count). The van der Waals surface area contributed by atoms with Crippen molar-refractivity contribution in [3.63, 3.8) is 0 Å². The fourth-order valence-corrected chi connectivity index (χ4v) is 1.53. The molecule has 1 aliphatic rings. The van der Waals surface area contributed by atoms with Gasteiger partial charge in [0.15, 0.2) is 5.78 Å². The summed E-state index contributed by atoms with van der Waals surface area (Å²) in [6.07, 6.45) is 0.747. The molecule has 0 bridgehead atoms. The average Bonchev–Trinajstić information content (AvgIpc) is 2.08. The molecule has 0 aromatic rings. The minimum atomic E-state index is -0.269. The van der Waals surface area contributed by atoms with Crippen molar-refractivity contribution >= 4 is 11.8 Å². The minimum Gasteiger partial charge on any atom is -0.336 e. The molecule has 0 atom stereocenters. The van der Waals surface area contributed by atoms with Crippen molar-refractivity contribution in [2.45, 2.75) is 40.2 Å². The number of ketones is 1. The van der Waals surface area contributed by atoms with E-state index in [0.29, 0.717) is 6.54 Å². The van der Waals surface area contributed by atoms with E-state index in [9.17, 15) is 9.59 Å². The van der Waals surface area contributed by atoms with Crippen LogP contribution in [0.1, 0.15) is 34.1 Å². The summed E-state index contributed by atoms with van der Waals surface area (Å²) in [4.78, 5) is 24.9. The maximum Gasteiger partial charge on any atom is 0.317 e. The van der Waals surface area contributed by atoms with E-state index < -0.39 is 0 Å². The number of hydrogen-bond acceptors (Lipinski definition) is 2. The predicted octanol–water partition coefficient (Wildman–Crippen LogP) is 1.41. The van der Waals surface area contributed by atoms with Gasteiger partial charge in [0.2, 0.25) is 0 Å². The summed E-state index contributed by atoms with van der Waals surface area (Å²) >= 11 is 0. The van der Waals surface area contributed by atoms with Crippen LogP contribution < -0.4 is 5.32 Å². The summed E-state index contributed by atoms with van der Waals surface area (Å²) in [5, 5.41) is 2.80. The standard InChI is InChI=1S/C11H20N2O2/c1-8(2)12-10(15)13-6-5-11(3,4)9(14)7-13/h8H,5-7H2,1-4H3,(H,12,15). The molecule has 0 radical (unpaired) electrons. The molecule has 2 amide bonds. The fourth-order valence-electron chi connectivity index (χ4n) is 1.53. The molecule has 4 nitrogen and oxygen atoms in total. The van der Waals surface area contributed by atoms with Gasteiger partial charge in [-0.3, -0.25) is 4.79 Å². The van der Waals surface area contributed by atoms with Gasteiger partial charge >= 0.3 is 6.03 Å².